The molecule has 2 saturated heterocycles. The first kappa shape index (κ1) is 17.9. The van der Waals surface area contributed by atoms with Gasteiger partial charge in [-0.1, -0.05) is 0 Å². The van der Waals surface area contributed by atoms with E-state index in [9.17, 15) is 0 Å². The molecule has 6 nitrogen and oxygen atoms in total. The van der Waals surface area contributed by atoms with Crippen molar-refractivity contribution < 1.29 is 14.2 Å². The first-order valence-corrected chi connectivity index (χ1v) is 9.14. The third-order valence-electron chi connectivity index (χ3n) is 4.91. The van der Waals surface area contributed by atoms with E-state index in [1.807, 2.05) is 18.2 Å². The highest BCUT2D eigenvalue weighted by molar-refractivity contribution is 5.80. The second-order valence-corrected chi connectivity index (χ2v) is 6.55. The van der Waals surface area contributed by atoms with E-state index < -0.39 is 0 Å². The van der Waals surface area contributed by atoms with E-state index in [4.69, 9.17) is 19.2 Å². The molecule has 138 valence electrons. The molecule has 25 heavy (non-hydrogen) atoms. The summed E-state index contributed by atoms with van der Waals surface area (Å²) in [7, 11) is 3.36. The van der Waals surface area contributed by atoms with Gasteiger partial charge in [0.25, 0.3) is 0 Å². The second kappa shape index (κ2) is 8.43. The van der Waals surface area contributed by atoms with Crippen LogP contribution in [-0.2, 0) is 11.2 Å². The van der Waals surface area contributed by atoms with E-state index in [0.29, 0.717) is 24.8 Å². The van der Waals surface area contributed by atoms with Gasteiger partial charge in [0.05, 0.1) is 32.5 Å². The molecule has 2 aliphatic heterocycles. The predicted octanol–water partition coefficient (Wildman–Crippen LogP) is 2.12. The van der Waals surface area contributed by atoms with Crippen LogP contribution in [0.15, 0.2) is 23.2 Å². The third kappa shape index (κ3) is 4.37. The van der Waals surface area contributed by atoms with Crippen molar-refractivity contribution in [3.63, 3.8) is 0 Å². The van der Waals surface area contributed by atoms with Gasteiger partial charge in [0, 0.05) is 13.1 Å². The molecule has 0 spiro atoms. The van der Waals surface area contributed by atoms with Crippen LogP contribution in [0.3, 0.4) is 0 Å². The lowest BCUT2D eigenvalue weighted by Gasteiger charge is -2.22. The van der Waals surface area contributed by atoms with Gasteiger partial charge in [-0.05, 0) is 56.4 Å². The highest BCUT2D eigenvalue weighted by Gasteiger charge is 2.41. The standard InChI is InChI=1S/C19H29N3O3/c1-4-20-19(22-16-12-15-6-8-18(16)25-15)21-10-9-13-11-14(23-2)5-7-17(13)24-3/h5,7,11,15-16,18H,4,6,8-10,12H2,1-3H3,(H2,20,21,22). The van der Waals surface area contributed by atoms with Crippen molar-refractivity contribution >= 4 is 5.96 Å². The van der Waals surface area contributed by atoms with E-state index in [1.54, 1.807) is 14.2 Å². The summed E-state index contributed by atoms with van der Waals surface area (Å²) in [5.74, 6) is 2.57. The Morgan fingerprint density at radius 3 is 2.80 bits per heavy atom. The molecule has 2 aliphatic rings. The molecule has 0 aliphatic carbocycles. The number of hydrogen-bond donors (Lipinski definition) is 2. The normalized spacial score (nSPS) is 25.1. The average Bonchev–Trinajstić information content (AvgIpc) is 3.24. The molecule has 1 aromatic carbocycles. The van der Waals surface area contributed by atoms with E-state index in [-0.39, 0.29) is 0 Å². The minimum Gasteiger partial charge on any atom is -0.497 e. The Kier molecular flexibility index (Phi) is 6.02. The fraction of sp³-hybridized carbons (Fsp3) is 0.632. The Morgan fingerprint density at radius 1 is 1.28 bits per heavy atom. The second-order valence-electron chi connectivity index (χ2n) is 6.55. The number of nitrogens with one attached hydrogen (secondary N) is 2. The Bertz CT molecular complexity index is 606. The van der Waals surface area contributed by atoms with Crippen LogP contribution in [0.2, 0.25) is 0 Å². The maximum atomic E-state index is 5.92. The summed E-state index contributed by atoms with van der Waals surface area (Å²) in [5, 5.41) is 6.88. The van der Waals surface area contributed by atoms with Gasteiger partial charge in [-0.25, -0.2) is 0 Å². The van der Waals surface area contributed by atoms with Crippen LogP contribution in [-0.4, -0.2) is 51.5 Å². The van der Waals surface area contributed by atoms with Gasteiger partial charge in [-0.2, -0.15) is 0 Å². The summed E-state index contributed by atoms with van der Waals surface area (Å²) in [6.07, 6.45) is 5.01. The summed E-state index contributed by atoms with van der Waals surface area (Å²) in [5.41, 5.74) is 1.10. The van der Waals surface area contributed by atoms with Gasteiger partial charge in [0.2, 0.25) is 0 Å². The van der Waals surface area contributed by atoms with Gasteiger partial charge in [0.1, 0.15) is 11.5 Å². The zero-order valence-corrected chi connectivity index (χ0v) is 15.4. The van der Waals surface area contributed by atoms with Gasteiger partial charge in [-0.3, -0.25) is 4.99 Å². The SMILES string of the molecule is CCNC(=NCCc1cc(OC)ccc1OC)NC1CC2CCC1O2. The Morgan fingerprint density at radius 2 is 2.16 bits per heavy atom. The van der Waals surface area contributed by atoms with Gasteiger partial charge >= 0.3 is 0 Å². The number of fused-ring (bicyclic) bond motifs is 2. The van der Waals surface area contributed by atoms with E-state index in [0.717, 1.165) is 48.8 Å². The first-order chi connectivity index (χ1) is 12.2. The smallest absolute Gasteiger partial charge is 0.191 e. The van der Waals surface area contributed by atoms with Crippen molar-refractivity contribution in [2.24, 2.45) is 4.99 Å². The summed E-state index contributed by atoms with van der Waals surface area (Å²) in [6.45, 7) is 3.61. The van der Waals surface area contributed by atoms with Crippen molar-refractivity contribution in [2.75, 3.05) is 27.3 Å². The zero-order chi connectivity index (χ0) is 17.6. The van der Waals surface area contributed by atoms with Crippen LogP contribution in [0, 0.1) is 0 Å². The number of nitrogens with zero attached hydrogens (tertiary/aromatic N) is 1. The molecular formula is C19H29N3O3. The molecule has 3 unspecified atom stereocenters. The molecule has 0 radical (unpaired) electrons. The predicted molar refractivity (Wildman–Crippen MR) is 98.7 cm³/mol. The quantitative estimate of drug-likeness (QED) is 0.584. The Balaban J connectivity index is 1.60. The fourth-order valence-corrected chi connectivity index (χ4v) is 3.65. The highest BCUT2D eigenvalue weighted by atomic mass is 16.5. The van der Waals surface area contributed by atoms with Crippen LogP contribution < -0.4 is 20.1 Å². The Hall–Kier alpha value is -1.95. The fourth-order valence-electron chi connectivity index (χ4n) is 3.65. The van der Waals surface area contributed by atoms with Gasteiger partial charge in [0.15, 0.2) is 5.96 Å². The van der Waals surface area contributed by atoms with Crippen molar-refractivity contribution in [3.05, 3.63) is 23.8 Å². The molecule has 2 bridgehead atoms. The maximum absolute atomic E-state index is 5.92. The molecule has 2 heterocycles. The van der Waals surface area contributed by atoms with Crippen LogP contribution in [0.5, 0.6) is 11.5 Å². The number of methoxy groups -OCH3 is 2. The summed E-state index contributed by atoms with van der Waals surface area (Å²) in [6, 6.07) is 6.24. The lowest BCUT2D eigenvalue weighted by molar-refractivity contribution is 0.0992. The van der Waals surface area contributed by atoms with E-state index in [2.05, 4.69) is 17.6 Å². The maximum Gasteiger partial charge on any atom is 0.191 e. The number of aliphatic imine (C=N–C) groups is 1. The van der Waals surface area contributed by atoms with Crippen LogP contribution in [0.4, 0.5) is 0 Å². The lowest BCUT2D eigenvalue weighted by Crippen LogP contribution is -2.47. The zero-order valence-electron chi connectivity index (χ0n) is 15.4. The largest absolute Gasteiger partial charge is 0.497 e. The van der Waals surface area contributed by atoms with E-state index >= 15 is 0 Å². The van der Waals surface area contributed by atoms with Crippen molar-refractivity contribution in [3.8, 4) is 11.5 Å². The summed E-state index contributed by atoms with van der Waals surface area (Å²) in [4.78, 5) is 4.73. The molecule has 1 aromatic rings. The molecule has 0 aromatic heterocycles. The molecular weight excluding hydrogens is 318 g/mol. The molecule has 0 saturated carbocycles. The van der Waals surface area contributed by atoms with Crippen LogP contribution in [0.1, 0.15) is 31.7 Å². The van der Waals surface area contributed by atoms with Gasteiger partial charge in [-0.15, -0.1) is 0 Å². The monoisotopic (exact) mass is 347 g/mol. The highest BCUT2D eigenvalue weighted by Crippen LogP contribution is 2.34. The molecule has 0 amide bonds. The number of rotatable bonds is 7. The number of hydrogen-bond acceptors (Lipinski definition) is 4. The number of guanidine groups is 1. The van der Waals surface area contributed by atoms with Crippen molar-refractivity contribution in [2.45, 2.75) is 50.9 Å². The summed E-state index contributed by atoms with van der Waals surface area (Å²) >= 11 is 0. The molecule has 2 N–H and O–H groups in total. The molecule has 3 rings (SSSR count). The minimum atomic E-state index is 0.340. The topological polar surface area (TPSA) is 64.1 Å². The average molecular weight is 347 g/mol. The van der Waals surface area contributed by atoms with Crippen molar-refractivity contribution in [1.29, 1.82) is 0 Å². The van der Waals surface area contributed by atoms with E-state index in [1.165, 1.54) is 6.42 Å². The number of benzene rings is 1. The lowest BCUT2D eigenvalue weighted by atomic mass is 9.96. The Labute approximate surface area is 149 Å². The first-order valence-electron chi connectivity index (χ1n) is 9.14. The van der Waals surface area contributed by atoms with Crippen LogP contribution >= 0.6 is 0 Å². The molecule has 6 heteroatoms. The molecule has 2 fully saturated rings. The molecule has 3 atom stereocenters. The van der Waals surface area contributed by atoms with Crippen molar-refractivity contribution in [1.82, 2.24) is 10.6 Å². The van der Waals surface area contributed by atoms with Gasteiger partial charge < -0.3 is 24.8 Å². The third-order valence-corrected chi connectivity index (χ3v) is 4.91. The number of ether oxygens (including phenoxy) is 3. The van der Waals surface area contributed by atoms with Crippen LogP contribution in [0.25, 0.3) is 0 Å². The minimum absolute atomic E-state index is 0.340. The summed E-state index contributed by atoms with van der Waals surface area (Å²) < 4.78 is 16.7.